The summed E-state index contributed by atoms with van der Waals surface area (Å²) in [6, 6.07) is 0. The lowest BCUT2D eigenvalue weighted by molar-refractivity contribution is 0.00677. The van der Waals surface area contributed by atoms with Crippen LogP contribution in [0.3, 0.4) is 0 Å². The molecule has 11 heavy (non-hydrogen) atoms. The highest BCUT2D eigenvalue weighted by Gasteiger charge is 2.11. The molecule has 0 rings (SSSR count). The number of hydrogen-bond acceptors (Lipinski definition) is 1. The summed E-state index contributed by atoms with van der Waals surface area (Å²) in [4.78, 5) is 0. The van der Waals surface area contributed by atoms with Gasteiger partial charge in [-0.3, -0.25) is 0 Å². The monoisotopic (exact) mass is 178 g/mol. The first-order chi connectivity index (χ1) is 4.71. The molecular weight excluding hydrogens is 156 g/mol. The average molecular weight is 178 g/mol. The van der Waals surface area contributed by atoms with E-state index < -0.39 is 0 Å². The minimum absolute atomic E-state index is 0.0324. The third-order valence-electron chi connectivity index (χ3n) is 1.23. The van der Waals surface area contributed by atoms with Crippen LogP contribution in [0.5, 0.6) is 0 Å². The molecule has 70 valence electrons. The van der Waals surface area contributed by atoms with Gasteiger partial charge in [0.2, 0.25) is 0 Å². The van der Waals surface area contributed by atoms with Crippen LogP contribution < -0.4 is 0 Å². The van der Waals surface area contributed by atoms with Crippen LogP contribution >= 0.6 is 10.0 Å². The smallest absolute Gasteiger partial charge is 0.0598 e. The van der Waals surface area contributed by atoms with Crippen molar-refractivity contribution >= 4 is 10.0 Å². The Hall–Kier alpha value is 0.310. The summed E-state index contributed by atoms with van der Waals surface area (Å²) in [7, 11) is -0.372. The maximum Gasteiger partial charge on any atom is 0.0598 e. The number of hydrogen-bond donors (Lipinski definition) is 0. The minimum atomic E-state index is -0.372. The van der Waals surface area contributed by atoms with Crippen molar-refractivity contribution in [3.05, 3.63) is 0 Å². The highest BCUT2D eigenvalue weighted by molar-refractivity contribution is 8.32. The maximum absolute atomic E-state index is 5.63. The summed E-state index contributed by atoms with van der Waals surface area (Å²) >= 11 is 0. The first-order valence-corrected chi connectivity index (χ1v) is 7.03. The Morgan fingerprint density at radius 3 is 1.82 bits per heavy atom. The topological polar surface area (TPSA) is 9.23 Å². The van der Waals surface area contributed by atoms with Crippen molar-refractivity contribution in [2.24, 2.45) is 0 Å². The summed E-state index contributed by atoms with van der Waals surface area (Å²) in [5, 5.41) is 0. The van der Waals surface area contributed by atoms with Crippen LogP contribution in [0.4, 0.5) is 0 Å². The molecule has 0 saturated carbocycles. The number of rotatable bonds is 3. The van der Waals surface area contributed by atoms with Gasteiger partial charge in [0.25, 0.3) is 0 Å². The molecule has 2 heteroatoms. The van der Waals surface area contributed by atoms with Gasteiger partial charge in [-0.2, -0.15) is 0 Å². The molecule has 0 aromatic rings. The van der Waals surface area contributed by atoms with Crippen LogP contribution in [0.2, 0.25) is 0 Å². The standard InChI is InChI=1S/C9H22OS/c1-9(2,3)10-7-8-11(4,5)6/h7-8H2,1-6H3. The van der Waals surface area contributed by atoms with E-state index in [0.717, 1.165) is 6.61 Å². The Morgan fingerprint density at radius 1 is 1.09 bits per heavy atom. The van der Waals surface area contributed by atoms with E-state index in [1.165, 1.54) is 5.75 Å². The molecule has 0 aromatic heterocycles. The first kappa shape index (κ1) is 11.3. The van der Waals surface area contributed by atoms with Crippen molar-refractivity contribution < 1.29 is 4.74 Å². The second kappa shape index (κ2) is 3.81. The lowest BCUT2D eigenvalue weighted by Crippen LogP contribution is -2.22. The van der Waals surface area contributed by atoms with E-state index in [1.807, 2.05) is 0 Å². The van der Waals surface area contributed by atoms with Crippen molar-refractivity contribution in [1.82, 2.24) is 0 Å². The molecule has 0 aliphatic carbocycles. The fraction of sp³-hybridized carbons (Fsp3) is 1.00. The SMILES string of the molecule is CC(C)(C)OCCS(C)(C)C. The van der Waals surface area contributed by atoms with Crippen LogP contribution in [-0.2, 0) is 4.74 Å². The highest BCUT2D eigenvalue weighted by Crippen LogP contribution is 2.33. The highest BCUT2D eigenvalue weighted by atomic mass is 32.3. The lowest BCUT2D eigenvalue weighted by Gasteiger charge is -2.27. The fourth-order valence-corrected chi connectivity index (χ4v) is 1.18. The van der Waals surface area contributed by atoms with Gasteiger partial charge in [-0.1, -0.05) is 0 Å². The summed E-state index contributed by atoms with van der Waals surface area (Å²) in [6.45, 7) is 7.21. The molecule has 0 unspecified atom stereocenters. The number of ether oxygens (including phenoxy) is 1. The Labute approximate surface area is 72.8 Å². The van der Waals surface area contributed by atoms with E-state index in [-0.39, 0.29) is 15.6 Å². The summed E-state index contributed by atoms with van der Waals surface area (Å²) in [5.41, 5.74) is 0.0324. The second-order valence-corrected chi connectivity index (χ2v) is 9.35. The third kappa shape index (κ3) is 10.3. The van der Waals surface area contributed by atoms with E-state index in [1.54, 1.807) is 0 Å². The van der Waals surface area contributed by atoms with Gasteiger partial charge in [0.15, 0.2) is 0 Å². The molecule has 0 atom stereocenters. The molecule has 0 N–H and O–H groups in total. The summed E-state index contributed by atoms with van der Waals surface area (Å²) in [5.74, 6) is 1.21. The van der Waals surface area contributed by atoms with Crippen LogP contribution in [0.25, 0.3) is 0 Å². The molecule has 0 aliphatic rings. The molecule has 1 nitrogen and oxygen atoms in total. The van der Waals surface area contributed by atoms with E-state index in [0.29, 0.717) is 0 Å². The minimum Gasteiger partial charge on any atom is -0.375 e. The van der Waals surface area contributed by atoms with Gasteiger partial charge in [-0.15, -0.1) is 0 Å². The van der Waals surface area contributed by atoms with E-state index >= 15 is 0 Å². The van der Waals surface area contributed by atoms with Gasteiger partial charge in [0, 0.05) is 5.75 Å². The Morgan fingerprint density at radius 2 is 1.55 bits per heavy atom. The van der Waals surface area contributed by atoms with Gasteiger partial charge in [0.05, 0.1) is 12.2 Å². The molecule has 0 saturated heterocycles. The van der Waals surface area contributed by atoms with Crippen LogP contribution in [0.15, 0.2) is 0 Å². The van der Waals surface area contributed by atoms with Crippen molar-refractivity contribution in [1.29, 1.82) is 0 Å². The normalized spacial score (nSPS) is 15.1. The van der Waals surface area contributed by atoms with Gasteiger partial charge in [-0.25, -0.2) is 10.0 Å². The molecule has 0 radical (unpaired) electrons. The molecule has 0 spiro atoms. The first-order valence-electron chi connectivity index (χ1n) is 4.01. The molecule has 0 aromatic carbocycles. The molecule has 0 amide bonds. The van der Waals surface area contributed by atoms with Crippen LogP contribution in [0, 0.1) is 0 Å². The van der Waals surface area contributed by atoms with E-state index in [4.69, 9.17) is 4.74 Å². The third-order valence-corrected chi connectivity index (χ3v) is 2.62. The van der Waals surface area contributed by atoms with Crippen molar-refractivity contribution in [3.63, 3.8) is 0 Å². The van der Waals surface area contributed by atoms with Crippen LogP contribution in [-0.4, -0.2) is 36.7 Å². The Bertz CT molecular complexity index is 93.7. The lowest BCUT2D eigenvalue weighted by atomic mass is 10.2. The zero-order chi connectivity index (χ0) is 9.12. The Kier molecular flexibility index (Phi) is 3.92. The molecular formula is C9H22OS. The second-order valence-electron chi connectivity index (χ2n) is 4.76. The summed E-state index contributed by atoms with van der Waals surface area (Å²) < 4.78 is 5.63. The average Bonchev–Trinajstić information content (AvgIpc) is 1.55. The molecule has 0 bridgehead atoms. The largest absolute Gasteiger partial charge is 0.375 e. The predicted octanol–water partition coefficient (Wildman–Crippen LogP) is 2.50. The maximum atomic E-state index is 5.63. The quantitative estimate of drug-likeness (QED) is 0.645. The van der Waals surface area contributed by atoms with Crippen molar-refractivity contribution in [2.45, 2.75) is 26.4 Å². The van der Waals surface area contributed by atoms with E-state index in [9.17, 15) is 0 Å². The molecule has 0 fully saturated rings. The summed E-state index contributed by atoms with van der Waals surface area (Å²) in [6.07, 6.45) is 6.96. The van der Waals surface area contributed by atoms with Crippen LogP contribution in [0.1, 0.15) is 20.8 Å². The van der Waals surface area contributed by atoms with E-state index in [2.05, 4.69) is 39.5 Å². The van der Waals surface area contributed by atoms with Gasteiger partial charge < -0.3 is 4.74 Å². The van der Waals surface area contributed by atoms with Gasteiger partial charge in [0.1, 0.15) is 0 Å². The fourth-order valence-electron chi connectivity index (χ4n) is 0.598. The zero-order valence-electron chi connectivity index (χ0n) is 8.73. The van der Waals surface area contributed by atoms with Gasteiger partial charge in [-0.05, 0) is 39.5 Å². The van der Waals surface area contributed by atoms with Crippen molar-refractivity contribution in [3.8, 4) is 0 Å². The predicted molar refractivity (Wildman–Crippen MR) is 55.9 cm³/mol. The van der Waals surface area contributed by atoms with Gasteiger partial charge >= 0.3 is 0 Å². The zero-order valence-corrected chi connectivity index (χ0v) is 9.55. The molecule has 0 aliphatic heterocycles. The molecule has 0 heterocycles. The van der Waals surface area contributed by atoms with Crippen molar-refractivity contribution in [2.75, 3.05) is 31.1 Å². The Balaban J connectivity index is 3.44.